The molecule has 0 spiro atoms. The Kier molecular flexibility index (Phi) is 7.39. The van der Waals surface area contributed by atoms with Crippen LogP contribution in [-0.4, -0.2) is 5.60 Å². The molecule has 0 fully saturated rings. The molecule has 59 heavy (non-hydrogen) atoms. The number of ether oxygens (including phenoxy) is 1. The number of allylic oxidation sites excluding steroid dienone is 2. The average Bonchev–Trinajstić information content (AvgIpc) is 3.95. The molecule has 280 valence electrons. The lowest BCUT2D eigenvalue weighted by molar-refractivity contribution is 0.155. The van der Waals surface area contributed by atoms with E-state index in [0.29, 0.717) is 0 Å². The second-order valence-electron chi connectivity index (χ2n) is 15.8. The van der Waals surface area contributed by atoms with Crippen LogP contribution in [0.2, 0.25) is 0 Å². The number of nitrogens with zero attached hydrogens (tertiary/aromatic N) is 1. The molecule has 0 N–H and O–H groups in total. The van der Waals surface area contributed by atoms with Gasteiger partial charge in [-0.25, -0.2) is 0 Å². The number of furan rings is 2. The van der Waals surface area contributed by atoms with E-state index in [9.17, 15) is 0 Å². The van der Waals surface area contributed by atoms with E-state index < -0.39 is 5.60 Å². The first-order valence-electron chi connectivity index (χ1n) is 20.2. The molecule has 4 heteroatoms. The first-order chi connectivity index (χ1) is 29.1. The number of fused-ring (bicyclic) bond motifs is 9. The van der Waals surface area contributed by atoms with Gasteiger partial charge < -0.3 is 18.5 Å². The van der Waals surface area contributed by atoms with Gasteiger partial charge in [0.15, 0.2) is 5.58 Å². The lowest BCUT2D eigenvalue weighted by Gasteiger charge is -2.27. The van der Waals surface area contributed by atoms with E-state index in [1.165, 1.54) is 11.1 Å². The van der Waals surface area contributed by atoms with Gasteiger partial charge >= 0.3 is 0 Å². The Labute approximate surface area is 341 Å². The Balaban J connectivity index is 1.09. The fourth-order valence-electron chi connectivity index (χ4n) is 9.39. The zero-order valence-electron chi connectivity index (χ0n) is 32.3. The smallest absolute Gasteiger partial charge is 0.159 e. The molecule has 12 rings (SSSR count). The molecular formula is C55H37NO3. The van der Waals surface area contributed by atoms with Crippen LogP contribution in [-0.2, 0) is 0 Å². The summed E-state index contributed by atoms with van der Waals surface area (Å²) in [6.45, 7) is 2.18. The van der Waals surface area contributed by atoms with Crippen molar-refractivity contribution in [1.29, 1.82) is 0 Å². The van der Waals surface area contributed by atoms with E-state index in [2.05, 4.69) is 200 Å². The van der Waals surface area contributed by atoms with Gasteiger partial charge in [0.1, 0.15) is 28.1 Å². The summed E-state index contributed by atoms with van der Waals surface area (Å²) >= 11 is 0. The van der Waals surface area contributed by atoms with Crippen LogP contribution in [0, 0.1) is 0 Å². The minimum atomic E-state index is -0.503. The third-order valence-corrected chi connectivity index (χ3v) is 12.2. The van der Waals surface area contributed by atoms with Crippen LogP contribution in [0.15, 0.2) is 209 Å². The molecule has 0 saturated heterocycles. The quantitative estimate of drug-likeness (QED) is 0.169. The number of hydrogen-bond donors (Lipinski definition) is 0. The number of anilines is 3. The molecule has 4 nitrogen and oxygen atoms in total. The van der Waals surface area contributed by atoms with Gasteiger partial charge in [-0.1, -0.05) is 140 Å². The summed E-state index contributed by atoms with van der Waals surface area (Å²) in [7, 11) is 0. The molecule has 0 amide bonds. The summed E-state index contributed by atoms with van der Waals surface area (Å²) in [4.78, 5) is 2.30. The van der Waals surface area contributed by atoms with Crippen molar-refractivity contribution in [1.82, 2.24) is 0 Å². The summed E-state index contributed by atoms with van der Waals surface area (Å²) in [6, 6.07) is 62.1. The molecular weight excluding hydrogens is 723 g/mol. The monoisotopic (exact) mass is 759 g/mol. The second-order valence-corrected chi connectivity index (χ2v) is 15.8. The molecule has 2 unspecified atom stereocenters. The molecule has 0 bridgehead atoms. The number of hydrogen-bond acceptors (Lipinski definition) is 4. The van der Waals surface area contributed by atoms with E-state index in [0.717, 1.165) is 94.5 Å². The highest BCUT2D eigenvalue weighted by molar-refractivity contribution is 6.14. The van der Waals surface area contributed by atoms with E-state index in [1.54, 1.807) is 0 Å². The summed E-state index contributed by atoms with van der Waals surface area (Å²) < 4.78 is 20.6. The van der Waals surface area contributed by atoms with Crippen molar-refractivity contribution in [2.45, 2.75) is 18.4 Å². The van der Waals surface area contributed by atoms with Crippen molar-refractivity contribution >= 4 is 60.9 Å². The lowest BCUT2D eigenvalue weighted by Crippen LogP contribution is -2.32. The van der Waals surface area contributed by atoms with E-state index >= 15 is 0 Å². The van der Waals surface area contributed by atoms with Crippen LogP contribution in [0.25, 0.3) is 77.3 Å². The van der Waals surface area contributed by atoms with Gasteiger partial charge in [0, 0.05) is 50.0 Å². The van der Waals surface area contributed by atoms with Crippen LogP contribution in [0.3, 0.4) is 0 Å². The van der Waals surface area contributed by atoms with Crippen LogP contribution >= 0.6 is 0 Å². The first-order valence-corrected chi connectivity index (χ1v) is 20.2. The van der Waals surface area contributed by atoms with Gasteiger partial charge in [-0.2, -0.15) is 0 Å². The summed E-state index contributed by atoms with van der Waals surface area (Å²) in [6.07, 6.45) is 8.67. The normalized spacial score (nSPS) is 16.8. The number of para-hydroxylation sites is 2. The topological polar surface area (TPSA) is 38.8 Å². The highest BCUT2D eigenvalue weighted by atomic mass is 16.5. The third kappa shape index (κ3) is 5.30. The van der Waals surface area contributed by atoms with Gasteiger partial charge in [-0.3, -0.25) is 0 Å². The Hall–Kier alpha value is -7.56. The Morgan fingerprint density at radius 1 is 0.475 bits per heavy atom. The SMILES string of the molecule is CC12C=CC=CC1c1c(cc3c(oc4ccc(N(c5ccc(-c6ccccc6)cc5)c5cccc6c5oc5ccccc56)cc43)c1-c1cccc(-c3ccccc3)c1)O2. The Morgan fingerprint density at radius 3 is 1.95 bits per heavy atom. The zero-order chi connectivity index (χ0) is 39.1. The zero-order valence-corrected chi connectivity index (χ0v) is 32.3. The van der Waals surface area contributed by atoms with Crippen molar-refractivity contribution in [2.24, 2.45) is 0 Å². The maximum absolute atomic E-state index is 7.01. The molecule has 10 aromatic rings. The van der Waals surface area contributed by atoms with Crippen LogP contribution in [0.1, 0.15) is 18.4 Å². The molecule has 0 radical (unpaired) electrons. The van der Waals surface area contributed by atoms with E-state index in [-0.39, 0.29) is 5.92 Å². The Morgan fingerprint density at radius 2 is 1.12 bits per heavy atom. The molecule has 2 atom stereocenters. The van der Waals surface area contributed by atoms with E-state index in [4.69, 9.17) is 13.6 Å². The predicted octanol–water partition coefficient (Wildman–Crippen LogP) is 15.3. The summed E-state index contributed by atoms with van der Waals surface area (Å²) in [5.41, 5.74) is 13.8. The van der Waals surface area contributed by atoms with Crippen molar-refractivity contribution in [2.75, 3.05) is 4.90 Å². The molecule has 2 aliphatic rings. The van der Waals surface area contributed by atoms with Crippen LogP contribution in [0.4, 0.5) is 17.1 Å². The number of benzene rings is 8. The summed E-state index contributed by atoms with van der Waals surface area (Å²) in [5.74, 6) is 0.916. The highest BCUT2D eigenvalue weighted by Crippen LogP contribution is 2.55. The standard InChI is InChI=1S/C55H37NO3/c1-55-31-11-10-22-46(55)52-50(59-55)34-45-44-33-41(29-30-49(44)58-54(45)51(52)39-19-12-18-38(32-39)36-16-6-3-7-17-36)56(40-27-25-37(26-28-40)35-14-4-2-5-15-35)47-23-13-21-43-42-20-8-9-24-48(42)57-53(43)47/h2-34,46H,1H3. The second kappa shape index (κ2) is 13.0. The minimum absolute atomic E-state index is 0.0321. The van der Waals surface area contributed by atoms with Crippen molar-refractivity contribution in [3.8, 4) is 39.1 Å². The van der Waals surface area contributed by atoms with E-state index in [1.807, 2.05) is 12.1 Å². The molecule has 2 aromatic heterocycles. The van der Waals surface area contributed by atoms with Crippen molar-refractivity contribution < 1.29 is 13.6 Å². The average molecular weight is 760 g/mol. The fraction of sp³-hybridized carbons (Fsp3) is 0.0545. The maximum Gasteiger partial charge on any atom is 0.159 e. The molecule has 3 heterocycles. The van der Waals surface area contributed by atoms with Crippen LogP contribution in [0.5, 0.6) is 5.75 Å². The largest absolute Gasteiger partial charge is 0.482 e. The van der Waals surface area contributed by atoms with Crippen LogP contribution < -0.4 is 9.64 Å². The number of rotatable bonds is 6. The summed E-state index contributed by atoms with van der Waals surface area (Å²) in [5, 5.41) is 4.19. The molecule has 1 aliphatic carbocycles. The van der Waals surface area contributed by atoms with Gasteiger partial charge in [-0.15, -0.1) is 0 Å². The van der Waals surface area contributed by atoms with Gasteiger partial charge in [-0.05, 0) is 95.4 Å². The molecule has 0 saturated carbocycles. The molecule has 1 aliphatic heterocycles. The fourth-order valence-corrected chi connectivity index (χ4v) is 9.39. The lowest BCUT2D eigenvalue weighted by atomic mass is 9.79. The Bertz CT molecular complexity index is 3320. The third-order valence-electron chi connectivity index (χ3n) is 12.2. The van der Waals surface area contributed by atoms with Gasteiger partial charge in [0.05, 0.1) is 5.69 Å². The molecule has 8 aromatic carbocycles. The van der Waals surface area contributed by atoms with Crippen molar-refractivity contribution in [3.63, 3.8) is 0 Å². The van der Waals surface area contributed by atoms with Gasteiger partial charge in [0.2, 0.25) is 0 Å². The maximum atomic E-state index is 7.01. The van der Waals surface area contributed by atoms with Gasteiger partial charge in [0.25, 0.3) is 0 Å². The van der Waals surface area contributed by atoms with Crippen molar-refractivity contribution in [3.05, 3.63) is 206 Å². The minimum Gasteiger partial charge on any atom is -0.482 e. The predicted molar refractivity (Wildman–Crippen MR) is 242 cm³/mol. The first kappa shape index (κ1) is 33.6. The highest BCUT2D eigenvalue weighted by Gasteiger charge is 2.45.